The molecule has 0 saturated carbocycles. The number of benzene rings is 1. The quantitative estimate of drug-likeness (QED) is 0.911. The Balaban J connectivity index is 2.31. The number of para-hydroxylation sites is 2. The van der Waals surface area contributed by atoms with Gasteiger partial charge in [-0.3, -0.25) is 0 Å². The number of carboxylic acid groups (broad SMARTS) is 1. The largest absolute Gasteiger partial charge is 0.490 e. The normalized spacial score (nSPS) is 10.1. The minimum atomic E-state index is -1.21. The summed E-state index contributed by atoms with van der Waals surface area (Å²) in [5, 5.41) is 9.03. The van der Waals surface area contributed by atoms with Crippen molar-refractivity contribution < 1.29 is 19.4 Å². The first-order valence-corrected chi connectivity index (χ1v) is 6.29. The molecule has 104 valence electrons. The molecular weight excluding hydrogens is 282 g/mol. The first-order chi connectivity index (χ1) is 9.61. The van der Waals surface area contributed by atoms with Gasteiger partial charge in [0.1, 0.15) is 0 Å². The summed E-state index contributed by atoms with van der Waals surface area (Å²) in [5.74, 6) is -0.0540. The minimum absolute atomic E-state index is 0.0583. The smallest absolute Gasteiger partial charge is 0.356 e. The van der Waals surface area contributed by atoms with Gasteiger partial charge in [0.05, 0.1) is 11.6 Å². The molecule has 0 atom stereocenters. The Bertz CT molecular complexity index is 630. The average Bonchev–Trinajstić information content (AvgIpc) is 2.43. The van der Waals surface area contributed by atoms with Crippen molar-refractivity contribution in [2.75, 3.05) is 6.61 Å². The number of aromatic nitrogens is 1. The third-order valence-corrected chi connectivity index (χ3v) is 2.69. The van der Waals surface area contributed by atoms with Gasteiger partial charge in [0, 0.05) is 6.07 Å². The van der Waals surface area contributed by atoms with Crippen LogP contribution in [0.15, 0.2) is 36.4 Å². The third kappa shape index (κ3) is 3.19. The molecule has 1 N–H and O–H groups in total. The van der Waals surface area contributed by atoms with E-state index in [2.05, 4.69) is 4.98 Å². The standard InChI is InChI=1S/C14H12ClNO4/c1-2-19-10-5-3-4-6-11(10)20-12-8-7-9(15)13(16-12)14(17)18/h3-8H,2H2,1H3,(H,17,18). The lowest BCUT2D eigenvalue weighted by atomic mass is 10.3. The van der Waals surface area contributed by atoms with Gasteiger partial charge < -0.3 is 14.6 Å². The summed E-state index contributed by atoms with van der Waals surface area (Å²) in [6.07, 6.45) is 0. The number of pyridine rings is 1. The molecule has 0 unspecified atom stereocenters. The Kier molecular flexibility index (Phi) is 4.42. The highest BCUT2D eigenvalue weighted by Crippen LogP contribution is 2.31. The molecule has 0 spiro atoms. The molecular formula is C14H12ClNO4. The lowest BCUT2D eigenvalue weighted by Gasteiger charge is -2.11. The van der Waals surface area contributed by atoms with E-state index in [1.54, 1.807) is 18.2 Å². The molecule has 0 bridgehead atoms. The van der Waals surface area contributed by atoms with Crippen molar-refractivity contribution >= 4 is 17.6 Å². The molecule has 1 heterocycles. The molecule has 0 saturated heterocycles. The van der Waals surface area contributed by atoms with E-state index in [0.717, 1.165) is 0 Å². The van der Waals surface area contributed by atoms with Gasteiger partial charge in [-0.1, -0.05) is 23.7 Å². The predicted octanol–water partition coefficient (Wildman–Crippen LogP) is 3.62. The molecule has 2 aromatic rings. The number of ether oxygens (including phenoxy) is 2. The monoisotopic (exact) mass is 293 g/mol. The van der Waals surface area contributed by atoms with Crippen molar-refractivity contribution in [3.8, 4) is 17.4 Å². The van der Waals surface area contributed by atoms with Crippen LogP contribution in [0.25, 0.3) is 0 Å². The van der Waals surface area contributed by atoms with Gasteiger partial charge in [0.15, 0.2) is 17.2 Å². The molecule has 0 aliphatic rings. The van der Waals surface area contributed by atoms with E-state index in [9.17, 15) is 4.79 Å². The minimum Gasteiger partial charge on any atom is -0.490 e. The molecule has 1 aromatic heterocycles. The summed E-state index contributed by atoms with van der Waals surface area (Å²) in [6.45, 7) is 2.36. The Hall–Kier alpha value is -2.27. The second-order valence-corrected chi connectivity index (χ2v) is 4.17. The summed E-state index contributed by atoms with van der Waals surface area (Å²) in [5.41, 5.74) is -0.252. The van der Waals surface area contributed by atoms with Crippen LogP contribution in [0.3, 0.4) is 0 Å². The van der Waals surface area contributed by atoms with Crippen LogP contribution in [0.4, 0.5) is 0 Å². The van der Waals surface area contributed by atoms with Gasteiger partial charge in [0.25, 0.3) is 0 Å². The molecule has 0 aliphatic heterocycles. The molecule has 0 fully saturated rings. The van der Waals surface area contributed by atoms with Crippen LogP contribution in [-0.4, -0.2) is 22.7 Å². The van der Waals surface area contributed by atoms with E-state index in [4.69, 9.17) is 26.2 Å². The summed E-state index contributed by atoms with van der Waals surface area (Å²) < 4.78 is 11.0. The van der Waals surface area contributed by atoms with Gasteiger partial charge in [-0.15, -0.1) is 0 Å². The topological polar surface area (TPSA) is 68.7 Å². The molecule has 0 radical (unpaired) electrons. The van der Waals surface area contributed by atoms with E-state index in [0.29, 0.717) is 18.1 Å². The number of nitrogens with zero attached hydrogens (tertiary/aromatic N) is 1. The molecule has 2 rings (SSSR count). The van der Waals surface area contributed by atoms with Crippen LogP contribution in [0.5, 0.6) is 17.4 Å². The maximum Gasteiger partial charge on any atom is 0.356 e. The number of hydrogen-bond acceptors (Lipinski definition) is 4. The zero-order chi connectivity index (χ0) is 14.5. The average molecular weight is 294 g/mol. The van der Waals surface area contributed by atoms with Crippen molar-refractivity contribution in [2.45, 2.75) is 6.92 Å². The first-order valence-electron chi connectivity index (χ1n) is 5.91. The molecule has 6 heteroatoms. The first kappa shape index (κ1) is 14.1. The highest BCUT2D eigenvalue weighted by molar-refractivity contribution is 6.33. The van der Waals surface area contributed by atoms with E-state index in [1.807, 2.05) is 13.0 Å². The number of halogens is 1. The number of hydrogen-bond donors (Lipinski definition) is 1. The number of aromatic carboxylic acids is 1. The molecule has 1 aromatic carbocycles. The molecule has 0 aliphatic carbocycles. The van der Waals surface area contributed by atoms with E-state index in [-0.39, 0.29) is 16.6 Å². The number of carboxylic acids is 1. The Morgan fingerprint density at radius 2 is 1.95 bits per heavy atom. The summed E-state index contributed by atoms with van der Waals surface area (Å²) in [7, 11) is 0. The fourth-order valence-corrected chi connectivity index (χ4v) is 1.74. The van der Waals surface area contributed by atoms with Crippen LogP contribution in [0.2, 0.25) is 5.02 Å². The Labute approximate surface area is 120 Å². The Morgan fingerprint density at radius 1 is 1.25 bits per heavy atom. The molecule has 0 amide bonds. The van der Waals surface area contributed by atoms with Gasteiger partial charge in [-0.05, 0) is 25.1 Å². The lowest BCUT2D eigenvalue weighted by Crippen LogP contribution is -2.03. The summed E-state index contributed by atoms with van der Waals surface area (Å²) in [4.78, 5) is 14.8. The van der Waals surface area contributed by atoms with Crippen molar-refractivity contribution in [3.63, 3.8) is 0 Å². The highest BCUT2D eigenvalue weighted by Gasteiger charge is 2.13. The lowest BCUT2D eigenvalue weighted by molar-refractivity contribution is 0.0690. The van der Waals surface area contributed by atoms with Crippen LogP contribution in [-0.2, 0) is 0 Å². The maximum absolute atomic E-state index is 11.0. The number of carbonyl (C=O) groups is 1. The van der Waals surface area contributed by atoms with Crippen LogP contribution in [0, 0.1) is 0 Å². The SMILES string of the molecule is CCOc1ccccc1Oc1ccc(Cl)c(C(=O)O)n1. The predicted molar refractivity (Wildman–Crippen MR) is 73.9 cm³/mol. The zero-order valence-corrected chi connectivity index (χ0v) is 11.4. The maximum atomic E-state index is 11.0. The van der Waals surface area contributed by atoms with Crippen LogP contribution in [0.1, 0.15) is 17.4 Å². The fourth-order valence-electron chi connectivity index (χ4n) is 1.55. The van der Waals surface area contributed by atoms with Crippen LogP contribution >= 0.6 is 11.6 Å². The highest BCUT2D eigenvalue weighted by atomic mass is 35.5. The van der Waals surface area contributed by atoms with E-state index < -0.39 is 5.97 Å². The van der Waals surface area contributed by atoms with Crippen molar-refractivity contribution in [2.24, 2.45) is 0 Å². The number of rotatable bonds is 5. The summed E-state index contributed by atoms with van der Waals surface area (Å²) >= 11 is 5.75. The summed E-state index contributed by atoms with van der Waals surface area (Å²) in [6, 6.07) is 9.99. The Morgan fingerprint density at radius 3 is 2.60 bits per heavy atom. The van der Waals surface area contributed by atoms with E-state index >= 15 is 0 Å². The van der Waals surface area contributed by atoms with Gasteiger partial charge in [-0.25, -0.2) is 9.78 Å². The third-order valence-electron chi connectivity index (χ3n) is 2.39. The van der Waals surface area contributed by atoms with Crippen molar-refractivity contribution in [3.05, 3.63) is 47.1 Å². The second-order valence-electron chi connectivity index (χ2n) is 3.77. The van der Waals surface area contributed by atoms with Crippen molar-refractivity contribution in [1.82, 2.24) is 4.98 Å². The van der Waals surface area contributed by atoms with Gasteiger partial charge >= 0.3 is 5.97 Å². The van der Waals surface area contributed by atoms with Gasteiger partial charge in [-0.2, -0.15) is 0 Å². The van der Waals surface area contributed by atoms with Crippen molar-refractivity contribution in [1.29, 1.82) is 0 Å². The zero-order valence-electron chi connectivity index (χ0n) is 10.7. The molecule has 20 heavy (non-hydrogen) atoms. The van der Waals surface area contributed by atoms with Crippen LogP contribution < -0.4 is 9.47 Å². The fraction of sp³-hybridized carbons (Fsp3) is 0.143. The van der Waals surface area contributed by atoms with Gasteiger partial charge in [0.2, 0.25) is 5.88 Å². The van der Waals surface area contributed by atoms with E-state index in [1.165, 1.54) is 12.1 Å². The second kappa shape index (κ2) is 6.25. The molecule has 5 nitrogen and oxygen atoms in total.